The number of benzene rings is 2. The van der Waals surface area contributed by atoms with E-state index in [9.17, 15) is 14.7 Å². The van der Waals surface area contributed by atoms with Gasteiger partial charge in [0.1, 0.15) is 11.9 Å². The van der Waals surface area contributed by atoms with E-state index < -0.39 is 23.6 Å². The molecule has 2 aromatic carbocycles. The second-order valence-electron chi connectivity index (χ2n) is 17.2. The number of hydrogen-bond donors (Lipinski definition) is 2. The number of aromatic nitrogens is 5. The first-order valence-electron chi connectivity index (χ1n) is 20.7. The number of imide groups is 1. The van der Waals surface area contributed by atoms with E-state index in [2.05, 4.69) is 50.3 Å². The quantitative estimate of drug-likeness (QED) is 0.162. The summed E-state index contributed by atoms with van der Waals surface area (Å²) in [7, 11) is 2.16. The van der Waals surface area contributed by atoms with Crippen LogP contribution in [0.15, 0.2) is 72.9 Å². The zero-order valence-electron chi connectivity index (χ0n) is 34.3. The van der Waals surface area contributed by atoms with Gasteiger partial charge in [0, 0.05) is 43.7 Å². The number of anilines is 2. The van der Waals surface area contributed by atoms with Crippen LogP contribution in [0, 0.1) is 0 Å². The summed E-state index contributed by atoms with van der Waals surface area (Å²) in [6, 6.07) is 20.7. The molecule has 2 saturated heterocycles. The fraction of sp³-hybridized carbons (Fsp3) is 0.477. The van der Waals surface area contributed by atoms with Crippen LogP contribution in [0.3, 0.4) is 0 Å². The fourth-order valence-corrected chi connectivity index (χ4v) is 8.60. The second kappa shape index (κ2) is 16.4. The highest BCUT2D eigenvalue weighted by Gasteiger charge is 2.35. The lowest BCUT2D eigenvalue weighted by atomic mass is 9.85. The first kappa shape index (κ1) is 39.4. The number of rotatable bonds is 8. The summed E-state index contributed by atoms with van der Waals surface area (Å²) in [6.45, 7) is 14.1. The van der Waals surface area contributed by atoms with Gasteiger partial charge in [0.25, 0.3) is 0 Å². The van der Waals surface area contributed by atoms with Crippen molar-refractivity contribution in [2.24, 2.45) is 0 Å². The molecule has 3 atom stereocenters. The molecule has 5 heterocycles. The zero-order valence-corrected chi connectivity index (χ0v) is 34.3. The molecule has 3 aliphatic rings. The van der Waals surface area contributed by atoms with E-state index in [0.29, 0.717) is 36.0 Å². The van der Waals surface area contributed by atoms with Crippen LogP contribution >= 0.6 is 0 Å². The molecule has 14 heteroatoms. The van der Waals surface area contributed by atoms with Crippen LogP contribution in [0.25, 0.3) is 11.3 Å². The molecule has 2 fully saturated rings. The van der Waals surface area contributed by atoms with Crippen molar-refractivity contribution in [1.82, 2.24) is 39.5 Å². The van der Waals surface area contributed by atoms with Crippen LogP contribution in [0.2, 0.25) is 0 Å². The smallest absolute Gasteiger partial charge is 0.421 e. The van der Waals surface area contributed by atoms with Crippen molar-refractivity contribution in [3.63, 3.8) is 0 Å². The Hall–Kier alpha value is -5.47. The Morgan fingerprint density at radius 2 is 1.72 bits per heavy atom. The van der Waals surface area contributed by atoms with Gasteiger partial charge in [-0.1, -0.05) is 57.2 Å². The molecule has 0 spiro atoms. The number of carbonyl (C=O) groups is 2. The lowest BCUT2D eigenvalue weighted by molar-refractivity contribution is 0.170. The van der Waals surface area contributed by atoms with Gasteiger partial charge in [0.2, 0.25) is 5.95 Å². The van der Waals surface area contributed by atoms with E-state index in [1.807, 2.05) is 86.0 Å². The van der Waals surface area contributed by atoms with Crippen LogP contribution < -0.4 is 19.9 Å². The topological polar surface area (TPSA) is 137 Å². The van der Waals surface area contributed by atoms with Crippen LogP contribution in [-0.4, -0.2) is 97.2 Å². The predicted molar refractivity (Wildman–Crippen MR) is 224 cm³/mol. The summed E-state index contributed by atoms with van der Waals surface area (Å²) in [6.07, 6.45) is 6.03. The number of fused-ring (bicyclic) bond motifs is 2. The van der Waals surface area contributed by atoms with E-state index >= 15 is 0 Å². The number of ether oxygens (including phenoxy) is 1. The minimum absolute atomic E-state index is 0.163. The summed E-state index contributed by atoms with van der Waals surface area (Å²) in [4.78, 5) is 35.3. The lowest BCUT2D eigenvalue weighted by Crippen LogP contribution is -2.46. The van der Waals surface area contributed by atoms with Gasteiger partial charge in [-0.15, -0.1) is 10.2 Å². The standard InChI is InChI=1S/C44H56N10O4/c1-30-12-8-9-23-51(30)41-47-46-39-20-17-33(29-52(39)41)58-37-19-18-36(34-15-6-7-16-35(34)37)45-42(55)53(43(56)57)40-27-38(44(2,3)4)48-54(40)32-14-10-13-31(26-32)28-50-22-11-21-49(5)24-25-50/h6-7,10,13-17,20,26-27,29-30,36-37H,8-9,11-12,18-19,21-25,28H2,1-5H3,(H,45,55)(H,56,57)/t30-,36-,37+/m0/s1. The van der Waals surface area contributed by atoms with Crippen molar-refractivity contribution in [3.05, 3.63) is 95.3 Å². The fourth-order valence-electron chi connectivity index (χ4n) is 8.60. The molecule has 8 rings (SSSR count). The van der Waals surface area contributed by atoms with E-state index in [1.54, 1.807) is 10.7 Å². The van der Waals surface area contributed by atoms with E-state index in [4.69, 9.17) is 9.84 Å². The number of likely N-dealkylation sites (N-methyl/N-ethyl adjacent to an activating group) is 1. The summed E-state index contributed by atoms with van der Waals surface area (Å²) >= 11 is 0. The van der Waals surface area contributed by atoms with E-state index in [0.717, 1.165) is 91.7 Å². The van der Waals surface area contributed by atoms with Crippen molar-refractivity contribution < 1.29 is 19.4 Å². The molecule has 3 aromatic heterocycles. The molecule has 14 nitrogen and oxygen atoms in total. The highest BCUT2D eigenvalue weighted by molar-refractivity contribution is 6.10. The van der Waals surface area contributed by atoms with Crippen LogP contribution in [0.4, 0.5) is 21.4 Å². The van der Waals surface area contributed by atoms with Gasteiger partial charge in [0.05, 0.1) is 23.6 Å². The number of nitrogens with one attached hydrogen (secondary N) is 1. The Bertz CT molecular complexity index is 2260. The minimum Gasteiger partial charge on any atom is -0.484 e. The van der Waals surface area contributed by atoms with Crippen LogP contribution in [0.1, 0.15) is 101 Å². The Balaban J connectivity index is 1.03. The van der Waals surface area contributed by atoms with Crippen molar-refractivity contribution >= 4 is 29.5 Å². The first-order valence-corrected chi connectivity index (χ1v) is 20.7. The summed E-state index contributed by atoms with van der Waals surface area (Å²) in [5.74, 6) is 1.69. The van der Waals surface area contributed by atoms with Gasteiger partial charge in [-0.05, 0) is 107 Å². The lowest BCUT2D eigenvalue weighted by Gasteiger charge is -2.34. The number of urea groups is 1. The number of carbonyl (C=O) groups excluding carboxylic acids is 1. The number of piperidine rings is 1. The number of hydrogen-bond acceptors (Lipinski definition) is 9. The van der Waals surface area contributed by atoms with E-state index in [-0.39, 0.29) is 11.9 Å². The second-order valence-corrected chi connectivity index (χ2v) is 17.2. The van der Waals surface area contributed by atoms with Crippen molar-refractivity contribution in [1.29, 1.82) is 0 Å². The molecule has 0 radical (unpaired) electrons. The third-order valence-corrected chi connectivity index (χ3v) is 11.9. The van der Waals surface area contributed by atoms with Crippen LogP contribution in [-0.2, 0) is 12.0 Å². The van der Waals surface area contributed by atoms with E-state index in [1.165, 1.54) is 6.42 Å². The Kier molecular flexibility index (Phi) is 11.1. The van der Waals surface area contributed by atoms with Gasteiger partial charge >= 0.3 is 12.1 Å². The molecule has 5 aromatic rings. The summed E-state index contributed by atoms with van der Waals surface area (Å²) in [5, 5.41) is 27.6. The zero-order chi connectivity index (χ0) is 40.6. The summed E-state index contributed by atoms with van der Waals surface area (Å²) in [5.41, 5.74) is 4.66. The number of carboxylic acid groups (broad SMARTS) is 1. The molecule has 2 N–H and O–H groups in total. The largest absolute Gasteiger partial charge is 0.484 e. The molecule has 58 heavy (non-hydrogen) atoms. The maximum Gasteiger partial charge on any atom is 0.421 e. The normalized spacial score (nSPS) is 20.7. The van der Waals surface area contributed by atoms with Gasteiger partial charge < -0.3 is 25.0 Å². The molecule has 1 aliphatic carbocycles. The molecular formula is C44H56N10O4. The maximum atomic E-state index is 14.3. The molecular weight excluding hydrogens is 733 g/mol. The van der Waals surface area contributed by atoms with Crippen molar-refractivity contribution in [3.8, 4) is 11.4 Å². The van der Waals surface area contributed by atoms with Gasteiger partial charge in [-0.25, -0.2) is 14.3 Å². The van der Waals surface area contributed by atoms with Gasteiger partial charge in [-0.3, -0.25) is 9.30 Å². The molecule has 2 aliphatic heterocycles. The third kappa shape index (κ3) is 8.26. The van der Waals surface area contributed by atoms with Gasteiger partial charge in [-0.2, -0.15) is 10.00 Å². The summed E-state index contributed by atoms with van der Waals surface area (Å²) < 4.78 is 10.3. The molecule has 0 saturated carbocycles. The molecule has 0 unspecified atom stereocenters. The minimum atomic E-state index is -1.39. The molecule has 0 bridgehead atoms. The van der Waals surface area contributed by atoms with Gasteiger partial charge in [0.15, 0.2) is 11.5 Å². The maximum absolute atomic E-state index is 14.3. The molecule has 306 valence electrons. The Morgan fingerprint density at radius 3 is 2.52 bits per heavy atom. The highest BCUT2D eigenvalue weighted by atomic mass is 16.5. The van der Waals surface area contributed by atoms with Crippen molar-refractivity contribution in [2.75, 3.05) is 49.6 Å². The Morgan fingerprint density at radius 1 is 0.897 bits per heavy atom. The SMILES string of the molecule is C[C@H]1CCCCN1c1nnc2ccc(O[C@@H]3CC[C@H](NC(=O)N(C(=O)O)c4cc(C(C)(C)C)nn4-c4cccc(CN5CCCN(C)CC5)c4)c4ccccc43)cn12. The average molecular weight is 789 g/mol. The predicted octanol–water partition coefficient (Wildman–Crippen LogP) is 7.58. The Labute approximate surface area is 340 Å². The number of amides is 3. The first-order chi connectivity index (χ1) is 27.9. The average Bonchev–Trinajstić information content (AvgIpc) is 3.77. The number of nitrogens with zero attached hydrogens (tertiary/aromatic N) is 9. The monoisotopic (exact) mass is 788 g/mol. The third-order valence-electron chi connectivity index (χ3n) is 11.9. The number of pyridine rings is 1. The van der Waals surface area contributed by atoms with Crippen molar-refractivity contribution in [2.45, 2.75) is 96.4 Å². The molecule has 3 amide bonds. The van der Waals surface area contributed by atoms with Crippen LogP contribution in [0.5, 0.6) is 5.75 Å². The highest BCUT2D eigenvalue weighted by Crippen LogP contribution is 2.40.